The molecule has 3 aromatic rings. The zero-order valence-electron chi connectivity index (χ0n) is 25.2. The van der Waals surface area contributed by atoms with Gasteiger partial charge in [-0.25, -0.2) is 4.79 Å². The first-order valence-corrected chi connectivity index (χ1v) is 14.2. The Morgan fingerprint density at radius 2 is 1.63 bits per heavy atom. The van der Waals surface area contributed by atoms with Gasteiger partial charge in [-0.15, -0.1) is 0 Å². The number of carbonyl (C=O) groups excluding carboxylic acids is 3. The molecule has 0 aliphatic heterocycles. The van der Waals surface area contributed by atoms with Crippen molar-refractivity contribution in [1.29, 1.82) is 0 Å². The van der Waals surface area contributed by atoms with Gasteiger partial charge in [-0.1, -0.05) is 82.0 Å². The van der Waals surface area contributed by atoms with Crippen molar-refractivity contribution in [3.05, 3.63) is 84.4 Å². The van der Waals surface area contributed by atoms with E-state index in [1.807, 2.05) is 94.4 Å². The second-order valence-corrected chi connectivity index (χ2v) is 11.7. The van der Waals surface area contributed by atoms with Gasteiger partial charge in [0.15, 0.2) is 0 Å². The summed E-state index contributed by atoms with van der Waals surface area (Å²) in [6.07, 6.45) is 1.63. The number of benzene rings is 3. The van der Waals surface area contributed by atoms with E-state index in [1.165, 1.54) is 0 Å². The largest absolute Gasteiger partial charge is 0.444 e. The molecule has 2 N–H and O–H groups in total. The number of anilines is 1. The molecule has 41 heavy (non-hydrogen) atoms. The van der Waals surface area contributed by atoms with Crippen LogP contribution >= 0.6 is 0 Å². The molecule has 3 atom stereocenters. The fourth-order valence-electron chi connectivity index (χ4n) is 4.68. The van der Waals surface area contributed by atoms with Crippen molar-refractivity contribution >= 4 is 40.4 Å². The lowest BCUT2D eigenvalue weighted by Gasteiger charge is -2.39. The topological polar surface area (TPSA) is 87.7 Å². The Labute approximate surface area is 244 Å². The summed E-state index contributed by atoms with van der Waals surface area (Å²) in [6, 6.07) is 18.9. The average molecular weight is 558 g/mol. The molecule has 3 unspecified atom stereocenters. The Bertz CT molecular complexity index is 1390. The SMILES string of the molecule is C=Cc1cccc(C(C(=O)Nc2ccc3ccccc3c2)N(C(=O)C(NC(=O)OC(C)(C)C)C(C)C)C(C)CC)c1. The molecule has 0 aromatic heterocycles. The Morgan fingerprint density at radius 1 is 0.951 bits per heavy atom. The molecule has 3 amide bonds. The molecule has 0 fully saturated rings. The molecule has 218 valence electrons. The second-order valence-electron chi connectivity index (χ2n) is 11.7. The number of nitrogens with zero attached hydrogens (tertiary/aromatic N) is 1. The van der Waals surface area contributed by atoms with E-state index in [0.717, 1.165) is 16.3 Å². The number of alkyl carbamates (subject to hydrolysis) is 1. The van der Waals surface area contributed by atoms with Crippen LogP contribution in [-0.2, 0) is 14.3 Å². The maximum atomic E-state index is 14.3. The first-order chi connectivity index (χ1) is 19.3. The van der Waals surface area contributed by atoms with Crippen LogP contribution < -0.4 is 10.6 Å². The monoisotopic (exact) mass is 557 g/mol. The van der Waals surface area contributed by atoms with E-state index in [9.17, 15) is 14.4 Å². The van der Waals surface area contributed by atoms with Crippen LogP contribution in [0.25, 0.3) is 16.8 Å². The van der Waals surface area contributed by atoms with Gasteiger partial charge in [0.2, 0.25) is 5.91 Å². The van der Waals surface area contributed by atoms with Crippen molar-refractivity contribution in [1.82, 2.24) is 10.2 Å². The van der Waals surface area contributed by atoms with Crippen LogP contribution in [-0.4, -0.2) is 40.5 Å². The molecule has 0 saturated heterocycles. The minimum Gasteiger partial charge on any atom is -0.444 e. The molecule has 0 spiro atoms. The van der Waals surface area contributed by atoms with Crippen LogP contribution in [0.5, 0.6) is 0 Å². The van der Waals surface area contributed by atoms with Gasteiger partial charge >= 0.3 is 6.09 Å². The number of carbonyl (C=O) groups is 3. The number of amides is 3. The summed E-state index contributed by atoms with van der Waals surface area (Å²) in [6.45, 7) is 16.8. The van der Waals surface area contributed by atoms with Crippen molar-refractivity contribution in [2.45, 2.75) is 78.6 Å². The highest BCUT2D eigenvalue weighted by Gasteiger charge is 2.39. The Balaban J connectivity index is 2.07. The molecule has 0 aliphatic rings. The minimum atomic E-state index is -0.967. The third kappa shape index (κ3) is 8.19. The van der Waals surface area contributed by atoms with Crippen LogP contribution in [0.1, 0.15) is 72.1 Å². The highest BCUT2D eigenvalue weighted by atomic mass is 16.6. The van der Waals surface area contributed by atoms with Crippen molar-refractivity contribution in [2.75, 3.05) is 5.32 Å². The lowest BCUT2D eigenvalue weighted by atomic mass is 9.95. The lowest BCUT2D eigenvalue weighted by molar-refractivity contribution is -0.144. The number of ether oxygens (including phenoxy) is 1. The van der Waals surface area contributed by atoms with Gasteiger partial charge in [0.1, 0.15) is 17.7 Å². The van der Waals surface area contributed by atoms with E-state index in [0.29, 0.717) is 17.7 Å². The van der Waals surface area contributed by atoms with Crippen LogP contribution in [0.4, 0.5) is 10.5 Å². The Morgan fingerprint density at radius 3 is 2.24 bits per heavy atom. The summed E-state index contributed by atoms with van der Waals surface area (Å²) in [5.41, 5.74) is 1.38. The summed E-state index contributed by atoms with van der Waals surface area (Å²) in [5, 5.41) is 7.88. The first kappa shape index (κ1) is 31.4. The predicted molar refractivity (Wildman–Crippen MR) is 166 cm³/mol. The van der Waals surface area contributed by atoms with Crippen molar-refractivity contribution in [3.8, 4) is 0 Å². The minimum absolute atomic E-state index is 0.259. The molecular weight excluding hydrogens is 514 g/mol. The lowest BCUT2D eigenvalue weighted by Crippen LogP contribution is -2.56. The molecule has 3 aromatic carbocycles. The zero-order chi connectivity index (χ0) is 30.3. The molecule has 0 radical (unpaired) electrons. The van der Waals surface area contributed by atoms with E-state index in [-0.39, 0.29) is 23.8 Å². The van der Waals surface area contributed by atoms with Crippen LogP contribution in [0.3, 0.4) is 0 Å². The van der Waals surface area contributed by atoms with Crippen LogP contribution in [0.2, 0.25) is 0 Å². The summed E-state index contributed by atoms with van der Waals surface area (Å²) in [5.74, 6) is -0.969. The molecular formula is C34H43N3O4. The summed E-state index contributed by atoms with van der Waals surface area (Å²) < 4.78 is 5.46. The summed E-state index contributed by atoms with van der Waals surface area (Å²) >= 11 is 0. The summed E-state index contributed by atoms with van der Waals surface area (Å²) in [4.78, 5) is 42.9. The van der Waals surface area contributed by atoms with Crippen molar-refractivity contribution in [3.63, 3.8) is 0 Å². The van der Waals surface area contributed by atoms with Crippen molar-refractivity contribution < 1.29 is 19.1 Å². The van der Waals surface area contributed by atoms with Gasteiger partial charge in [0.25, 0.3) is 5.91 Å². The highest BCUT2D eigenvalue weighted by Crippen LogP contribution is 2.30. The Hall–Kier alpha value is -4.13. The molecule has 3 rings (SSSR count). The maximum absolute atomic E-state index is 14.3. The van der Waals surface area contributed by atoms with Gasteiger partial charge in [-0.2, -0.15) is 0 Å². The number of hydrogen-bond acceptors (Lipinski definition) is 4. The highest BCUT2D eigenvalue weighted by molar-refractivity contribution is 6.00. The van der Waals surface area contributed by atoms with E-state index in [1.54, 1.807) is 31.7 Å². The smallest absolute Gasteiger partial charge is 0.408 e. The molecule has 0 aliphatic carbocycles. The van der Waals surface area contributed by atoms with Gasteiger partial charge < -0.3 is 20.3 Å². The molecule has 7 heteroatoms. The zero-order valence-corrected chi connectivity index (χ0v) is 25.2. The van der Waals surface area contributed by atoms with Crippen molar-refractivity contribution in [2.24, 2.45) is 5.92 Å². The van der Waals surface area contributed by atoms with Gasteiger partial charge in [-0.05, 0) is 80.1 Å². The molecule has 0 heterocycles. The second kappa shape index (κ2) is 13.5. The third-order valence-electron chi connectivity index (χ3n) is 6.93. The molecule has 0 bridgehead atoms. The number of nitrogens with one attached hydrogen (secondary N) is 2. The van der Waals surface area contributed by atoms with Gasteiger partial charge in [0.05, 0.1) is 0 Å². The van der Waals surface area contributed by atoms with E-state index in [4.69, 9.17) is 4.74 Å². The quantitative estimate of drug-likeness (QED) is 0.273. The van der Waals surface area contributed by atoms with E-state index < -0.39 is 23.8 Å². The fourth-order valence-corrected chi connectivity index (χ4v) is 4.68. The normalized spacial score (nSPS) is 13.7. The van der Waals surface area contributed by atoms with Crippen LogP contribution in [0, 0.1) is 5.92 Å². The van der Waals surface area contributed by atoms with Crippen LogP contribution in [0.15, 0.2) is 73.3 Å². The van der Waals surface area contributed by atoms with Gasteiger partial charge in [0, 0.05) is 11.7 Å². The molecule has 0 saturated carbocycles. The fraction of sp³-hybridized carbons (Fsp3) is 0.382. The van der Waals surface area contributed by atoms with E-state index >= 15 is 0 Å². The number of hydrogen-bond donors (Lipinski definition) is 2. The average Bonchev–Trinajstić information content (AvgIpc) is 2.92. The third-order valence-corrected chi connectivity index (χ3v) is 6.93. The Kier molecular flexibility index (Phi) is 10.3. The summed E-state index contributed by atoms with van der Waals surface area (Å²) in [7, 11) is 0. The standard InChI is InChI=1S/C34H43N3O4/c1-9-23(5)37(32(39)29(22(3)4)36-33(40)41-34(6,7)8)30(27-17-13-14-24(10-2)20-27)31(38)35-28-19-18-25-15-11-12-16-26(25)21-28/h10-23,29-30H,2,9H2,1,3-8H3,(H,35,38)(H,36,40). The first-order valence-electron chi connectivity index (χ1n) is 14.2. The molecule has 7 nitrogen and oxygen atoms in total. The van der Waals surface area contributed by atoms with E-state index in [2.05, 4.69) is 17.2 Å². The number of fused-ring (bicyclic) bond motifs is 1. The number of rotatable bonds is 10. The maximum Gasteiger partial charge on any atom is 0.408 e. The predicted octanol–water partition coefficient (Wildman–Crippen LogP) is 7.34. The van der Waals surface area contributed by atoms with Gasteiger partial charge in [-0.3, -0.25) is 9.59 Å².